The molecule has 3 aromatic rings. The van der Waals surface area contributed by atoms with Gasteiger partial charge in [-0.15, -0.1) is 0 Å². The Morgan fingerprint density at radius 3 is 2.21 bits per heavy atom. The van der Waals surface area contributed by atoms with E-state index in [1.807, 2.05) is 37.3 Å². The zero-order valence-corrected chi connectivity index (χ0v) is 19.4. The summed E-state index contributed by atoms with van der Waals surface area (Å²) in [5, 5.41) is 13.7. The molecule has 0 unspecified atom stereocenters. The van der Waals surface area contributed by atoms with Crippen LogP contribution in [0.25, 0.3) is 0 Å². The molecule has 34 heavy (non-hydrogen) atoms. The van der Waals surface area contributed by atoms with Crippen LogP contribution in [-0.2, 0) is 21.1 Å². The Morgan fingerprint density at radius 1 is 1.00 bits per heavy atom. The fraction of sp³-hybridized carbons (Fsp3) is 0.167. The van der Waals surface area contributed by atoms with E-state index in [9.17, 15) is 28.1 Å². The largest absolute Gasteiger partial charge is 0.322 e. The van der Waals surface area contributed by atoms with Gasteiger partial charge in [0, 0.05) is 41.9 Å². The maximum Gasteiger partial charge on any atom is 0.271 e. The molecule has 2 amide bonds. The van der Waals surface area contributed by atoms with Crippen LogP contribution in [-0.4, -0.2) is 38.0 Å². The van der Waals surface area contributed by atoms with Crippen LogP contribution in [0.3, 0.4) is 0 Å². The molecular weight excluding hydrogens is 458 g/mol. The molecule has 0 aromatic heterocycles. The van der Waals surface area contributed by atoms with Gasteiger partial charge in [-0.3, -0.25) is 19.7 Å². The van der Waals surface area contributed by atoms with Crippen molar-refractivity contribution < 1.29 is 22.9 Å². The number of carbonyl (C=O) groups is 2. The van der Waals surface area contributed by atoms with E-state index < -0.39 is 26.4 Å². The Balaban J connectivity index is 1.73. The molecule has 0 radical (unpaired) electrons. The number of nitrogens with one attached hydrogen (secondary N) is 1. The van der Waals surface area contributed by atoms with Crippen molar-refractivity contribution in [1.82, 2.24) is 0 Å². The summed E-state index contributed by atoms with van der Waals surface area (Å²) >= 11 is 0. The van der Waals surface area contributed by atoms with E-state index in [-0.39, 0.29) is 22.8 Å². The van der Waals surface area contributed by atoms with Crippen molar-refractivity contribution in [2.45, 2.75) is 18.2 Å². The number of non-ortho nitro benzene ring substituents is 1. The quantitative estimate of drug-likeness (QED) is 0.385. The number of para-hydroxylation sites is 1. The maximum absolute atomic E-state index is 12.7. The van der Waals surface area contributed by atoms with Gasteiger partial charge in [0.1, 0.15) is 0 Å². The molecule has 3 rings (SSSR count). The molecule has 9 nitrogen and oxygen atoms in total. The van der Waals surface area contributed by atoms with Crippen molar-refractivity contribution in [3.63, 3.8) is 0 Å². The fourth-order valence-electron chi connectivity index (χ4n) is 3.32. The van der Waals surface area contributed by atoms with Crippen LogP contribution in [0.5, 0.6) is 0 Å². The van der Waals surface area contributed by atoms with Gasteiger partial charge < -0.3 is 10.2 Å². The van der Waals surface area contributed by atoms with E-state index in [4.69, 9.17) is 0 Å². The van der Waals surface area contributed by atoms with Gasteiger partial charge in [-0.05, 0) is 42.8 Å². The first-order chi connectivity index (χ1) is 16.1. The normalized spacial score (nSPS) is 11.0. The second-order valence-electron chi connectivity index (χ2n) is 7.55. The van der Waals surface area contributed by atoms with E-state index in [1.54, 1.807) is 29.2 Å². The first-order valence-electron chi connectivity index (χ1n) is 10.3. The average Bonchev–Trinajstić information content (AvgIpc) is 2.80. The van der Waals surface area contributed by atoms with Crippen molar-refractivity contribution in [2.24, 2.45) is 0 Å². The lowest BCUT2D eigenvalue weighted by Gasteiger charge is -2.21. The van der Waals surface area contributed by atoms with Crippen molar-refractivity contribution in [2.75, 3.05) is 23.0 Å². The molecule has 0 atom stereocenters. The van der Waals surface area contributed by atoms with E-state index in [1.165, 1.54) is 0 Å². The highest BCUT2D eigenvalue weighted by atomic mass is 32.2. The third-order valence-corrected chi connectivity index (χ3v) is 6.14. The monoisotopic (exact) mass is 481 g/mol. The second kappa shape index (κ2) is 10.3. The standard InChI is InChI=1S/C24H23N3O6S/c1-3-26(20-7-5-4-6-8-20)23(28)13-17-9-11-19(12-10-17)25-24(29)18-14-21(27(30)31)16-22(15-18)34(2,32)33/h4-12,14-16H,3,13H2,1-2H3,(H,25,29). The molecule has 0 aliphatic rings. The lowest BCUT2D eigenvalue weighted by atomic mass is 10.1. The Labute approximate surface area is 197 Å². The molecule has 10 heteroatoms. The van der Waals surface area contributed by atoms with Gasteiger partial charge in [0.25, 0.3) is 11.6 Å². The summed E-state index contributed by atoms with van der Waals surface area (Å²) < 4.78 is 23.7. The number of hydrogen-bond donors (Lipinski definition) is 1. The summed E-state index contributed by atoms with van der Waals surface area (Å²) in [6.45, 7) is 2.42. The van der Waals surface area contributed by atoms with Gasteiger partial charge in [0.2, 0.25) is 5.91 Å². The summed E-state index contributed by atoms with van der Waals surface area (Å²) in [5.41, 5.74) is 1.29. The molecule has 0 bridgehead atoms. The minimum atomic E-state index is -3.75. The number of rotatable bonds is 8. The number of sulfone groups is 1. The molecule has 0 saturated heterocycles. The molecule has 0 fully saturated rings. The highest BCUT2D eigenvalue weighted by Gasteiger charge is 2.19. The topological polar surface area (TPSA) is 127 Å². The second-order valence-corrected chi connectivity index (χ2v) is 9.56. The highest BCUT2D eigenvalue weighted by Crippen LogP contribution is 2.22. The fourth-order valence-corrected chi connectivity index (χ4v) is 4.00. The molecule has 0 spiro atoms. The molecular formula is C24H23N3O6S. The number of anilines is 2. The zero-order chi connectivity index (χ0) is 24.9. The van der Waals surface area contributed by atoms with Gasteiger partial charge >= 0.3 is 0 Å². The van der Waals surface area contributed by atoms with Gasteiger partial charge in [-0.1, -0.05) is 30.3 Å². The predicted octanol–water partition coefficient (Wildman–Crippen LogP) is 3.85. The Hall–Kier alpha value is -4.05. The Bertz CT molecular complexity index is 1320. The van der Waals surface area contributed by atoms with Gasteiger partial charge in [0.15, 0.2) is 9.84 Å². The molecule has 1 N–H and O–H groups in total. The minimum Gasteiger partial charge on any atom is -0.322 e. The number of benzene rings is 3. The summed E-state index contributed by atoms with van der Waals surface area (Å²) in [6, 6.07) is 19.0. The van der Waals surface area contributed by atoms with Crippen LogP contribution in [0.4, 0.5) is 17.1 Å². The summed E-state index contributed by atoms with van der Waals surface area (Å²) in [4.78, 5) is 37.1. The highest BCUT2D eigenvalue weighted by molar-refractivity contribution is 7.90. The number of amides is 2. The van der Waals surface area contributed by atoms with Gasteiger partial charge in [0.05, 0.1) is 16.2 Å². The lowest BCUT2D eigenvalue weighted by molar-refractivity contribution is -0.385. The number of nitro benzene ring substituents is 1. The molecule has 0 aliphatic heterocycles. The third kappa shape index (κ3) is 6.04. The Kier molecular flexibility index (Phi) is 7.42. The molecule has 0 aliphatic carbocycles. The number of nitro groups is 1. The first-order valence-corrected chi connectivity index (χ1v) is 12.2. The van der Waals surface area contributed by atoms with Crippen LogP contribution in [0.2, 0.25) is 0 Å². The van der Waals surface area contributed by atoms with Crippen LogP contribution >= 0.6 is 0 Å². The number of likely N-dealkylation sites (N-methyl/N-ethyl adjacent to an activating group) is 1. The van der Waals surface area contributed by atoms with E-state index in [0.29, 0.717) is 12.2 Å². The smallest absolute Gasteiger partial charge is 0.271 e. The van der Waals surface area contributed by atoms with Crippen molar-refractivity contribution in [1.29, 1.82) is 0 Å². The molecule has 0 heterocycles. The van der Waals surface area contributed by atoms with E-state index in [2.05, 4.69) is 5.32 Å². The number of hydrogen-bond acceptors (Lipinski definition) is 6. The third-order valence-electron chi connectivity index (χ3n) is 5.04. The summed E-state index contributed by atoms with van der Waals surface area (Å²) in [5.74, 6) is -0.769. The minimum absolute atomic E-state index is 0.0737. The molecule has 3 aromatic carbocycles. The first kappa shape index (κ1) is 24.6. The van der Waals surface area contributed by atoms with Crippen LogP contribution in [0, 0.1) is 10.1 Å². The summed E-state index contributed by atoms with van der Waals surface area (Å²) in [6.07, 6.45) is 1.07. The lowest BCUT2D eigenvalue weighted by Crippen LogP contribution is -2.31. The number of carbonyl (C=O) groups excluding carboxylic acids is 2. The van der Waals surface area contributed by atoms with E-state index >= 15 is 0 Å². The maximum atomic E-state index is 12.7. The molecule has 176 valence electrons. The van der Waals surface area contributed by atoms with Crippen molar-refractivity contribution in [3.8, 4) is 0 Å². The SMILES string of the molecule is CCN(C(=O)Cc1ccc(NC(=O)c2cc([N+](=O)[O-])cc(S(C)(=O)=O)c2)cc1)c1ccccc1. The van der Waals surface area contributed by atoms with Crippen LogP contribution in [0.1, 0.15) is 22.8 Å². The van der Waals surface area contributed by atoms with E-state index in [0.717, 1.165) is 35.7 Å². The Morgan fingerprint density at radius 2 is 1.65 bits per heavy atom. The zero-order valence-electron chi connectivity index (χ0n) is 18.6. The number of nitrogens with zero attached hydrogens (tertiary/aromatic N) is 2. The predicted molar refractivity (Wildman–Crippen MR) is 129 cm³/mol. The van der Waals surface area contributed by atoms with Gasteiger partial charge in [-0.2, -0.15) is 0 Å². The average molecular weight is 482 g/mol. The van der Waals surface area contributed by atoms with Gasteiger partial charge in [-0.25, -0.2) is 8.42 Å². The van der Waals surface area contributed by atoms with Crippen LogP contribution in [0.15, 0.2) is 77.7 Å². The summed E-state index contributed by atoms with van der Waals surface area (Å²) in [7, 11) is -3.75. The van der Waals surface area contributed by atoms with Crippen LogP contribution < -0.4 is 10.2 Å². The van der Waals surface area contributed by atoms with Crippen molar-refractivity contribution >= 4 is 38.7 Å². The molecule has 0 saturated carbocycles. The van der Waals surface area contributed by atoms with Crippen molar-refractivity contribution in [3.05, 3.63) is 94.0 Å².